The number of aromatic nitrogens is 2. The molecule has 31 heavy (non-hydrogen) atoms. The van der Waals surface area contributed by atoms with E-state index in [1.165, 1.54) is 6.08 Å². The molecule has 0 unspecified atom stereocenters. The Morgan fingerprint density at radius 3 is 2.71 bits per heavy atom. The third kappa shape index (κ3) is 4.56. The zero-order chi connectivity index (χ0) is 22.2. The van der Waals surface area contributed by atoms with Gasteiger partial charge in [0.2, 0.25) is 10.0 Å². The molecule has 3 aromatic rings. The zero-order valence-electron chi connectivity index (χ0n) is 17.7. The third-order valence-corrected chi connectivity index (χ3v) is 6.85. The van der Waals surface area contributed by atoms with Crippen molar-refractivity contribution in [1.29, 1.82) is 0 Å². The highest BCUT2D eigenvalue weighted by Gasteiger charge is 2.28. The van der Waals surface area contributed by atoms with Crippen LogP contribution in [-0.4, -0.2) is 30.6 Å². The SMILES string of the molecule is CC(C)c1nc2c(-c3cccc(S(=O)(=O)NC4CC4)c3)cccc2n1C/C(F)=C/CN. The van der Waals surface area contributed by atoms with Gasteiger partial charge in [0, 0.05) is 24.1 Å². The van der Waals surface area contributed by atoms with Crippen molar-refractivity contribution < 1.29 is 12.8 Å². The fourth-order valence-electron chi connectivity index (χ4n) is 3.67. The van der Waals surface area contributed by atoms with Gasteiger partial charge in [-0.3, -0.25) is 0 Å². The van der Waals surface area contributed by atoms with E-state index in [1.54, 1.807) is 18.2 Å². The molecule has 2 aromatic carbocycles. The normalized spacial score (nSPS) is 15.2. The largest absolute Gasteiger partial charge is 0.327 e. The average molecular weight is 443 g/mol. The summed E-state index contributed by atoms with van der Waals surface area (Å²) < 4.78 is 44.2. The fraction of sp³-hybridized carbons (Fsp3) is 0.348. The number of fused-ring (bicyclic) bond motifs is 1. The number of nitrogens with zero attached hydrogens (tertiary/aromatic N) is 2. The standard InChI is InChI=1S/C23H27FN4O2S/c1-15(2)23-26-22-20(7-4-8-21(22)28(23)14-17(24)11-12-25)16-5-3-6-19(13-16)31(29,30)27-18-9-10-18/h3-8,11,13,15,18,27H,9-10,12,14,25H2,1-2H3/b17-11-. The number of para-hydroxylation sites is 1. The van der Waals surface area contributed by atoms with Crippen LogP contribution in [0.2, 0.25) is 0 Å². The van der Waals surface area contributed by atoms with E-state index in [-0.39, 0.29) is 35.8 Å². The van der Waals surface area contributed by atoms with Crippen molar-refractivity contribution in [3.05, 3.63) is 60.2 Å². The molecule has 1 aliphatic carbocycles. The monoisotopic (exact) mass is 442 g/mol. The summed E-state index contributed by atoms with van der Waals surface area (Å²) >= 11 is 0. The smallest absolute Gasteiger partial charge is 0.240 e. The van der Waals surface area contributed by atoms with Crippen molar-refractivity contribution in [3.63, 3.8) is 0 Å². The second-order valence-corrected chi connectivity index (χ2v) is 9.91. The van der Waals surface area contributed by atoms with E-state index in [0.29, 0.717) is 0 Å². The molecule has 8 heteroatoms. The Labute approximate surface area is 182 Å². The number of sulfonamides is 1. The summed E-state index contributed by atoms with van der Waals surface area (Å²) in [5, 5.41) is 0. The number of hydrogen-bond donors (Lipinski definition) is 2. The van der Waals surface area contributed by atoms with E-state index < -0.39 is 10.0 Å². The molecule has 1 saturated carbocycles. The van der Waals surface area contributed by atoms with Crippen molar-refractivity contribution in [3.8, 4) is 11.1 Å². The van der Waals surface area contributed by atoms with Gasteiger partial charge < -0.3 is 10.3 Å². The van der Waals surface area contributed by atoms with Crippen LogP contribution >= 0.6 is 0 Å². The molecule has 4 rings (SSSR count). The van der Waals surface area contributed by atoms with Gasteiger partial charge in [0.1, 0.15) is 11.7 Å². The maximum absolute atomic E-state index is 14.3. The molecule has 1 fully saturated rings. The van der Waals surface area contributed by atoms with Gasteiger partial charge in [-0.25, -0.2) is 22.5 Å². The first kappa shape index (κ1) is 21.7. The highest BCUT2D eigenvalue weighted by atomic mass is 32.2. The van der Waals surface area contributed by atoms with Gasteiger partial charge in [-0.1, -0.05) is 38.1 Å². The summed E-state index contributed by atoms with van der Waals surface area (Å²) in [4.78, 5) is 5.06. The molecule has 1 aromatic heterocycles. The zero-order valence-corrected chi connectivity index (χ0v) is 18.5. The topological polar surface area (TPSA) is 90.0 Å². The second kappa shape index (κ2) is 8.53. The Morgan fingerprint density at radius 1 is 1.29 bits per heavy atom. The minimum atomic E-state index is -3.56. The predicted molar refractivity (Wildman–Crippen MR) is 121 cm³/mol. The van der Waals surface area contributed by atoms with Crippen LogP contribution in [0.5, 0.6) is 0 Å². The summed E-state index contributed by atoms with van der Waals surface area (Å²) in [7, 11) is -3.56. The lowest BCUT2D eigenvalue weighted by molar-refractivity contribution is 0.541. The second-order valence-electron chi connectivity index (χ2n) is 8.19. The minimum Gasteiger partial charge on any atom is -0.327 e. The van der Waals surface area contributed by atoms with Gasteiger partial charge in [0.15, 0.2) is 0 Å². The van der Waals surface area contributed by atoms with Gasteiger partial charge in [-0.05, 0) is 42.7 Å². The van der Waals surface area contributed by atoms with E-state index >= 15 is 0 Å². The van der Waals surface area contributed by atoms with Gasteiger partial charge in [-0.15, -0.1) is 0 Å². The number of rotatable bonds is 8. The molecule has 0 radical (unpaired) electrons. The van der Waals surface area contributed by atoms with Crippen LogP contribution in [-0.2, 0) is 16.6 Å². The Bertz CT molecular complexity index is 1240. The molecular formula is C23H27FN4O2S. The van der Waals surface area contributed by atoms with Crippen LogP contribution in [0.3, 0.4) is 0 Å². The minimum absolute atomic E-state index is 0.0397. The van der Waals surface area contributed by atoms with Gasteiger partial charge in [-0.2, -0.15) is 0 Å². The Morgan fingerprint density at radius 2 is 2.03 bits per heavy atom. The molecule has 0 amide bonds. The van der Waals surface area contributed by atoms with Crippen molar-refractivity contribution in [2.75, 3.05) is 6.54 Å². The molecule has 1 heterocycles. The molecule has 0 aliphatic heterocycles. The van der Waals surface area contributed by atoms with E-state index in [4.69, 9.17) is 10.7 Å². The summed E-state index contributed by atoms with van der Waals surface area (Å²) in [6.07, 6.45) is 3.12. The predicted octanol–water partition coefficient (Wildman–Crippen LogP) is 4.08. The summed E-state index contributed by atoms with van der Waals surface area (Å²) in [6.45, 7) is 4.22. The lowest BCUT2D eigenvalue weighted by Gasteiger charge is -2.10. The maximum atomic E-state index is 14.3. The molecule has 0 spiro atoms. The molecule has 0 saturated heterocycles. The van der Waals surface area contributed by atoms with Crippen molar-refractivity contribution in [2.45, 2.75) is 50.1 Å². The number of imidazole rings is 1. The summed E-state index contributed by atoms with van der Waals surface area (Å²) in [5.74, 6) is 0.538. The molecule has 0 atom stereocenters. The fourth-order valence-corrected chi connectivity index (χ4v) is 5.02. The van der Waals surface area contributed by atoms with Crippen LogP contribution in [0, 0.1) is 0 Å². The van der Waals surface area contributed by atoms with E-state index in [9.17, 15) is 12.8 Å². The van der Waals surface area contributed by atoms with Gasteiger partial charge in [0.05, 0.1) is 22.5 Å². The number of benzene rings is 2. The van der Waals surface area contributed by atoms with Gasteiger partial charge in [0.25, 0.3) is 0 Å². The molecule has 3 N–H and O–H groups in total. The highest BCUT2D eigenvalue weighted by molar-refractivity contribution is 7.89. The highest BCUT2D eigenvalue weighted by Crippen LogP contribution is 2.33. The van der Waals surface area contributed by atoms with E-state index in [0.717, 1.165) is 40.8 Å². The third-order valence-electron chi connectivity index (χ3n) is 5.33. The number of halogens is 1. The number of nitrogens with one attached hydrogen (secondary N) is 1. The first-order chi connectivity index (χ1) is 14.8. The summed E-state index contributed by atoms with van der Waals surface area (Å²) in [6, 6.07) is 12.6. The number of hydrogen-bond acceptors (Lipinski definition) is 4. The van der Waals surface area contributed by atoms with Crippen molar-refractivity contribution in [2.24, 2.45) is 5.73 Å². The summed E-state index contributed by atoms with van der Waals surface area (Å²) in [5.41, 5.74) is 8.54. The lowest BCUT2D eigenvalue weighted by Crippen LogP contribution is -2.25. The van der Waals surface area contributed by atoms with Crippen LogP contribution in [0.1, 0.15) is 38.4 Å². The van der Waals surface area contributed by atoms with Crippen LogP contribution in [0.4, 0.5) is 4.39 Å². The lowest BCUT2D eigenvalue weighted by atomic mass is 10.0. The number of allylic oxidation sites excluding steroid dienone is 1. The van der Waals surface area contributed by atoms with E-state index in [1.807, 2.05) is 42.7 Å². The molecule has 164 valence electrons. The Kier molecular flexibility index (Phi) is 5.96. The first-order valence-electron chi connectivity index (χ1n) is 10.5. The van der Waals surface area contributed by atoms with E-state index in [2.05, 4.69) is 4.72 Å². The van der Waals surface area contributed by atoms with Crippen LogP contribution < -0.4 is 10.5 Å². The quantitative estimate of drug-likeness (QED) is 0.550. The molecule has 1 aliphatic rings. The first-order valence-corrected chi connectivity index (χ1v) is 11.9. The molecule has 6 nitrogen and oxygen atoms in total. The van der Waals surface area contributed by atoms with Crippen LogP contribution in [0.25, 0.3) is 22.2 Å². The number of nitrogens with two attached hydrogens (primary N) is 1. The van der Waals surface area contributed by atoms with Gasteiger partial charge >= 0.3 is 0 Å². The van der Waals surface area contributed by atoms with Crippen molar-refractivity contribution in [1.82, 2.24) is 14.3 Å². The van der Waals surface area contributed by atoms with Crippen LogP contribution in [0.15, 0.2) is 59.3 Å². The average Bonchev–Trinajstić information content (AvgIpc) is 3.46. The Hall–Kier alpha value is -2.55. The Balaban J connectivity index is 1.82. The molecular weight excluding hydrogens is 415 g/mol. The maximum Gasteiger partial charge on any atom is 0.240 e. The van der Waals surface area contributed by atoms with Crippen molar-refractivity contribution >= 4 is 21.1 Å². The molecule has 0 bridgehead atoms.